The molecule has 0 saturated heterocycles. The molecule has 3 aromatic carbocycles. The number of fused-ring (bicyclic) bond motifs is 4. The van der Waals surface area contributed by atoms with Gasteiger partial charge in [0.15, 0.2) is 0 Å². The van der Waals surface area contributed by atoms with Crippen LogP contribution in [-0.2, 0) is 0 Å². The topological polar surface area (TPSA) is 90.9 Å². The Morgan fingerprint density at radius 2 is 1.69 bits per heavy atom. The summed E-state index contributed by atoms with van der Waals surface area (Å²) in [5.41, 5.74) is 7.26. The number of amides is 1. The molecule has 2 heterocycles. The SMILES string of the molecule is O=C(NC1c2ccccc2-c2c(-c3nc4ccc(O)cc4[nH]3)cccc21)c1ccncc1. The minimum Gasteiger partial charge on any atom is -0.508 e. The third kappa shape index (κ3) is 2.85. The Morgan fingerprint density at radius 1 is 0.906 bits per heavy atom. The molecule has 32 heavy (non-hydrogen) atoms. The van der Waals surface area contributed by atoms with E-state index in [1.807, 2.05) is 36.4 Å². The molecule has 2 aromatic heterocycles. The van der Waals surface area contributed by atoms with Crippen LogP contribution in [0.2, 0.25) is 0 Å². The lowest BCUT2D eigenvalue weighted by atomic mass is 9.98. The average molecular weight is 418 g/mol. The van der Waals surface area contributed by atoms with E-state index in [-0.39, 0.29) is 17.7 Å². The molecule has 1 amide bonds. The van der Waals surface area contributed by atoms with E-state index in [4.69, 9.17) is 4.98 Å². The number of phenolic OH excluding ortho intramolecular Hbond substituents is 1. The van der Waals surface area contributed by atoms with Gasteiger partial charge in [-0.3, -0.25) is 9.78 Å². The Labute approximate surface area is 183 Å². The number of nitrogens with one attached hydrogen (secondary N) is 2. The Morgan fingerprint density at radius 3 is 2.56 bits per heavy atom. The number of pyridine rings is 1. The summed E-state index contributed by atoms with van der Waals surface area (Å²) in [6, 6.07) is 22.4. The molecule has 0 spiro atoms. The van der Waals surface area contributed by atoms with Crippen molar-refractivity contribution in [2.24, 2.45) is 0 Å². The molecule has 0 saturated carbocycles. The van der Waals surface area contributed by atoms with Crippen LogP contribution >= 0.6 is 0 Å². The molecule has 1 atom stereocenters. The largest absolute Gasteiger partial charge is 0.508 e. The van der Waals surface area contributed by atoms with Crippen molar-refractivity contribution in [1.82, 2.24) is 20.3 Å². The van der Waals surface area contributed by atoms with Crippen LogP contribution in [0.4, 0.5) is 0 Å². The normalized spacial score (nSPS) is 14.2. The van der Waals surface area contributed by atoms with Gasteiger partial charge in [-0.15, -0.1) is 0 Å². The molecule has 0 bridgehead atoms. The predicted molar refractivity (Wildman–Crippen MR) is 122 cm³/mol. The third-order valence-corrected chi connectivity index (χ3v) is 5.89. The van der Waals surface area contributed by atoms with E-state index in [9.17, 15) is 9.90 Å². The fourth-order valence-electron chi connectivity index (χ4n) is 4.45. The molecule has 0 fully saturated rings. The molecule has 6 rings (SSSR count). The van der Waals surface area contributed by atoms with Gasteiger partial charge in [-0.2, -0.15) is 0 Å². The second kappa shape index (κ2) is 7.06. The summed E-state index contributed by atoms with van der Waals surface area (Å²) in [4.78, 5) is 25.0. The summed E-state index contributed by atoms with van der Waals surface area (Å²) in [5, 5.41) is 13.0. The number of carbonyl (C=O) groups is 1. The molecule has 1 aliphatic rings. The first-order valence-electron chi connectivity index (χ1n) is 10.3. The molecule has 6 nitrogen and oxygen atoms in total. The maximum atomic E-state index is 12.9. The quantitative estimate of drug-likeness (QED) is 0.391. The molecule has 3 N–H and O–H groups in total. The van der Waals surface area contributed by atoms with Crippen molar-refractivity contribution in [2.75, 3.05) is 0 Å². The van der Waals surface area contributed by atoms with Gasteiger partial charge in [0.25, 0.3) is 5.91 Å². The lowest BCUT2D eigenvalue weighted by Crippen LogP contribution is -2.28. The third-order valence-electron chi connectivity index (χ3n) is 5.89. The van der Waals surface area contributed by atoms with Gasteiger partial charge in [0.05, 0.1) is 17.1 Å². The molecule has 0 aliphatic heterocycles. The zero-order valence-electron chi connectivity index (χ0n) is 16.9. The maximum absolute atomic E-state index is 12.9. The fourth-order valence-corrected chi connectivity index (χ4v) is 4.45. The number of benzene rings is 3. The van der Waals surface area contributed by atoms with E-state index in [1.165, 1.54) is 0 Å². The zero-order chi connectivity index (χ0) is 21.7. The number of imidazole rings is 1. The molecule has 0 radical (unpaired) electrons. The maximum Gasteiger partial charge on any atom is 0.252 e. The number of phenols is 1. The van der Waals surface area contributed by atoms with E-state index in [1.54, 1.807) is 42.7 Å². The van der Waals surface area contributed by atoms with E-state index < -0.39 is 0 Å². The molecular formula is C26H18N4O2. The highest BCUT2D eigenvalue weighted by Crippen LogP contribution is 2.47. The van der Waals surface area contributed by atoms with E-state index in [0.717, 1.165) is 44.7 Å². The monoisotopic (exact) mass is 418 g/mol. The van der Waals surface area contributed by atoms with Crippen molar-refractivity contribution < 1.29 is 9.90 Å². The van der Waals surface area contributed by atoms with Gasteiger partial charge in [-0.25, -0.2) is 4.98 Å². The molecule has 154 valence electrons. The van der Waals surface area contributed by atoms with Crippen molar-refractivity contribution in [2.45, 2.75) is 6.04 Å². The van der Waals surface area contributed by atoms with Crippen molar-refractivity contribution >= 4 is 16.9 Å². The standard InChI is InChI=1S/C26H18N4O2/c31-16-8-9-21-22(14-16)29-25(28-21)20-7-3-6-19-23(20)17-4-1-2-5-18(17)24(19)30-26(32)15-10-12-27-13-11-15/h1-14,24,31H,(H,28,29)(H,30,32). The number of H-pyrrole nitrogens is 1. The number of carbonyl (C=O) groups excluding carboxylic acids is 1. The van der Waals surface area contributed by atoms with Crippen LogP contribution in [0.5, 0.6) is 5.75 Å². The minimum absolute atomic E-state index is 0.148. The smallest absolute Gasteiger partial charge is 0.252 e. The van der Waals surface area contributed by atoms with Crippen LogP contribution in [0.1, 0.15) is 27.5 Å². The van der Waals surface area contributed by atoms with Gasteiger partial charge in [-0.1, -0.05) is 42.5 Å². The number of aromatic nitrogens is 3. The van der Waals surface area contributed by atoms with Crippen LogP contribution in [0.15, 0.2) is 85.2 Å². The molecular weight excluding hydrogens is 400 g/mol. The van der Waals surface area contributed by atoms with Crippen molar-refractivity contribution in [1.29, 1.82) is 0 Å². The summed E-state index contributed by atoms with van der Waals surface area (Å²) >= 11 is 0. The number of nitrogens with zero attached hydrogens (tertiary/aromatic N) is 2. The Hall–Kier alpha value is -4.45. The van der Waals surface area contributed by atoms with E-state index in [0.29, 0.717) is 5.56 Å². The van der Waals surface area contributed by atoms with Crippen LogP contribution in [0.25, 0.3) is 33.5 Å². The van der Waals surface area contributed by atoms with Gasteiger partial charge < -0.3 is 15.4 Å². The Kier molecular flexibility index (Phi) is 4.04. The van der Waals surface area contributed by atoms with E-state index >= 15 is 0 Å². The molecule has 5 aromatic rings. The number of aromatic hydroxyl groups is 1. The number of hydrogen-bond donors (Lipinski definition) is 3. The first-order valence-corrected chi connectivity index (χ1v) is 10.3. The molecule has 6 heteroatoms. The van der Waals surface area contributed by atoms with Gasteiger partial charge in [0.1, 0.15) is 11.6 Å². The van der Waals surface area contributed by atoms with Crippen molar-refractivity contribution in [3.63, 3.8) is 0 Å². The number of aromatic amines is 1. The second-order valence-corrected chi connectivity index (χ2v) is 7.79. The highest BCUT2D eigenvalue weighted by molar-refractivity contribution is 5.97. The first kappa shape index (κ1) is 18.3. The molecule has 1 aliphatic carbocycles. The second-order valence-electron chi connectivity index (χ2n) is 7.79. The lowest BCUT2D eigenvalue weighted by Gasteiger charge is -2.16. The fraction of sp³-hybridized carbons (Fsp3) is 0.0385. The van der Waals surface area contributed by atoms with Gasteiger partial charge in [0, 0.05) is 29.6 Å². The Bertz CT molecular complexity index is 1490. The van der Waals surface area contributed by atoms with Crippen LogP contribution in [0, 0.1) is 0 Å². The van der Waals surface area contributed by atoms with Crippen LogP contribution < -0.4 is 5.32 Å². The van der Waals surface area contributed by atoms with Crippen LogP contribution in [0.3, 0.4) is 0 Å². The number of rotatable bonds is 3. The van der Waals surface area contributed by atoms with Gasteiger partial charge in [-0.05, 0) is 46.5 Å². The summed E-state index contributed by atoms with van der Waals surface area (Å²) in [6.07, 6.45) is 3.23. The summed E-state index contributed by atoms with van der Waals surface area (Å²) in [6.45, 7) is 0. The highest BCUT2D eigenvalue weighted by Gasteiger charge is 2.32. The summed E-state index contributed by atoms with van der Waals surface area (Å²) in [7, 11) is 0. The first-order chi connectivity index (χ1) is 15.7. The zero-order valence-corrected chi connectivity index (χ0v) is 16.9. The van der Waals surface area contributed by atoms with Crippen molar-refractivity contribution in [3.8, 4) is 28.3 Å². The molecule has 1 unspecified atom stereocenters. The summed E-state index contributed by atoms with van der Waals surface area (Å²) < 4.78 is 0. The van der Waals surface area contributed by atoms with E-state index in [2.05, 4.69) is 21.4 Å². The minimum atomic E-state index is -0.268. The average Bonchev–Trinajstić information content (AvgIpc) is 3.39. The lowest BCUT2D eigenvalue weighted by molar-refractivity contribution is 0.0943. The summed E-state index contributed by atoms with van der Waals surface area (Å²) in [5.74, 6) is 0.762. The van der Waals surface area contributed by atoms with Gasteiger partial charge in [0.2, 0.25) is 0 Å². The highest BCUT2D eigenvalue weighted by atomic mass is 16.3. The van der Waals surface area contributed by atoms with Gasteiger partial charge >= 0.3 is 0 Å². The predicted octanol–water partition coefficient (Wildman–Crippen LogP) is 4.83. The Balaban J connectivity index is 1.49. The van der Waals surface area contributed by atoms with Crippen molar-refractivity contribution in [3.05, 3.63) is 102 Å². The van der Waals surface area contributed by atoms with Crippen LogP contribution in [-0.4, -0.2) is 26.0 Å². The number of hydrogen-bond acceptors (Lipinski definition) is 4.